The molecular weight excluding hydrogens is 248 g/mol. The van der Waals surface area contributed by atoms with E-state index in [1.165, 1.54) is 0 Å². The van der Waals surface area contributed by atoms with E-state index in [-0.39, 0.29) is 6.61 Å². The summed E-state index contributed by atoms with van der Waals surface area (Å²) in [5.41, 5.74) is 2.67. The van der Waals surface area contributed by atoms with Gasteiger partial charge < -0.3 is 24.6 Å². The lowest BCUT2D eigenvalue weighted by Crippen LogP contribution is -2.33. The van der Waals surface area contributed by atoms with E-state index in [1.807, 2.05) is 25.1 Å². The van der Waals surface area contributed by atoms with Gasteiger partial charge in [0.2, 0.25) is 0 Å². The van der Waals surface area contributed by atoms with Crippen LogP contribution in [0.5, 0.6) is 0 Å². The van der Waals surface area contributed by atoms with Gasteiger partial charge in [0.05, 0.1) is 24.0 Å². The van der Waals surface area contributed by atoms with E-state index < -0.39 is 24.5 Å². The molecule has 1 aromatic heterocycles. The van der Waals surface area contributed by atoms with Gasteiger partial charge in [0.25, 0.3) is 0 Å². The van der Waals surface area contributed by atoms with Gasteiger partial charge in [-0.15, -0.1) is 0 Å². The Morgan fingerprint density at radius 1 is 1.32 bits per heavy atom. The molecule has 4 atom stereocenters. The smallest absolute Gasteiger partial charge is 0.164 e. The summed E-state index contributed by atoms with van der Waals surface area (Å²) in [4.78, 5) is 4.26. The third-order valence-electron chi connectivity index (χ3n) is 3.59. The fraction of sp³-hybridized carbons (Fsp3) is 0.462. The number of para-hydroxylation sites is 1. The molecule has 1 aliphatic rings. The van der Waals surface area contributed by atoms with Gasteiger partial charge in [0, 0.05) is 0 Å². The zero-order valence-corrected chi connectivity index (χ0v) is 10.5. The zero-order valence-electron chi connectivity index (χ0n) is 10.5. The largest absolute Gasteiger partial charge is 0.394 e. The van der Waals surface area contributed by atoms with Crippen molar-refractivity contribution in [3.05, 3.63) is 30.1 Å². The Morgan fingerprint density at radius 3 is 2.79 bits per heavy atom. The minimum Gasteiger partial charge on any atom is -0.394 e. The quantitative estimate of drug-likeness (QED) is 0.708. The number of benzene rings is 1. The molecule has 102 valence electrons. The first kappa shape index (κ1) is 12.6. The Hall–Kier alpha value is -1.47. The second-order valence-electron chi connectivity index (χ2n) is 4.82. The van der Waals surface area contributed by atoms with E-state index in [2.05, 4.69) is 4.98 Å². The highest BCUT2D eigenvalue weighted by molar-refractivity contribution is 5.78. The third kappa shape index (κ3) is 1.84. The molecule has 2 aromatic rings. The summed E-state index contributed by atoms with van der Waals surface area (Å²) in [6.45, 7) is 1.61. The minimum atomic E-state index is -1.10. The van der Waals surface area contributed by atoms with Crippen molar-refractivity contribution >= 4 is 11.0 Å². The van der Waals surface area contributed by atoms with E-state index in [0.29, 0.717) is 0 Å². The average molecular weight is 264 g/mol. The average Bonchev–Trinajstić information content (AvgIpc) is 2.94. The molecule has 0 amide bonds. The Labute approximate surface area is 109 Å². The van der Waals surface area contributed by atoms with E-state index in [1.54, 1.807) is 10.9 Å². The molecule has 1 saturated heterocycles. The van der Waals surface area contributed by atoms with E-state index in [4.69, 9.17) is 9.84 Å². The van der Waals surface area contributed by atoms with Crippen LogP contribution in [0.25, 0.3) is 11.0 Å². The molecule has 0 saturated carbocycles. The van der Waals surface area contributed by atoms with Crippen molar-refractivity contribution in [2.45, 2.75) is 31.5 Å². The van der Waals surface area contributed by atoms with Crippen LogP contribution in [-0.2, 0) is 4.74 Å². The SMILES string of the molecule is Cc1cccc2ncn([C@@H]3O[C@H](CO)C(O)C3O)c12. The van der Waals surface area contributed by atoms with Crippen molar-refractivity contribution in [3.8, 4) is 0 Å². The number of imidazole rings is 1. The highest BCUT2D eigenvalue weighted by Crippen LogP contribution is 2.32. The van der Waals surface area contributed by atoms with Crippen LogP contribution in [-0.4, -0.2) is 49.8 Å². The maximum atomic E-state index is 10.0. The van der Waals surface area contributed by atoms with Crippen LogP contribution in [0, 0.1) is 6.92 Å². The summed E-state index contributed by atoms with van der Waals surface area (Å²) < 4.78 is 7.22. The molecule has 19 heavy (non-hydrogen) atoms. The molecule has 6 heteroatoms. The van der Waals surface area contributed by atoms with Crippen molar-refractivity contribution in [1.82, 2.24) is 9.55 Å². The molecule has 1 aliphatic heterocycles. The van der Waals surface area contributed by atoms with Crippen molar-refractivity contribution < 1.29 is 20.1 Å². The molecule has 2 unspecified atom stereocenters. The Kier molecular flexibility index (Phi) is 3.02. The number of nitrogens with zero attached hydrogens (tertiary/aromatic N) is 2. The van der Waals surface area contributed by atoms with Gasteiger partial charge in [-0.3, -0.25) is 0 Å². The number of fused-ring (bicyclic) bond motifs is 1. The predicted octanol–water partition coefficient (Wildman–Crippen LogP) is -0.0438. The number of aliphatic hydroxyl groups is 3. The first-order valence-electron chi connectivity index (χ1n) is 6.18. The van der Waals surface area contributed by atoms with Crippen molar-refractivity contribution in [2.24, 2.45) is 0 Å². The molecule has 3 rings (SSSR count). The Bertz CT molecular complexity index is 597. The van der Waals surface area contributed by atoms with Gasteiger partial charge in [-0.25, -0.2) is 4.98 Å². The zero-order chi connectivity index (χ0) is 13.6. The summed E-state index contributed by atoms with van der Waals surface area (Å²) in [7, 11) is 0. The van der Waals surface area contributed by atoms with Gasteiger partial charge in [0.15, 0.2) is 6.23 Å². The second-order valence-corrected chi connectivity index (χ2v) is 4.82. The lowest BCUT2D eigenvalue weighted by Gasteiger charge is -2.17. The number of rotatable bonds is 2. The monoisotopic (exact) mass is 264 g/mol. The summed E-state index contributed by atoms with van der Waals surface area (Å²) in [5.74, 6) is 0. The predicted molar refractivity (Wildman–Crippen MR) is 67.5 cm³/mol. The van der Waals surface area contributed by atoms with Crippen LogP contribution >= 0.6 is 0 Å². The van der Waals surface area contributed by atoms with Gasteiger partial charge in [0.1, 0.15) is 18.3 Å². The number of aromatic nitrogens is 2. The molecule has 0 bridgehead atoms. The van der Waals surface area contributed by atoms with Gasteiger partial charge in [-0.2, -0.15) is 0 Å². The standard InChI is InChI=1S/C13H16N2O4/c1-7-3-2-4-8-10(7)15(6-14-8)13-12(18)11(17)9(5-16)19-13/h2-4,6,9,11-13,16-18H,5H2,1H3/t9-,11?,12?,13-/m1/s1. The molecule has 1 aromatic carbocycles. The number of ether oxygens (including phenoxy) is 1. The van der Waals surface area contributed by atoms with Gasteiger partial charge in [-0.05, 0) is 18.6 Å². The van der Waals surface area contributed by atoms with Crippen LogP contribution < -0.4 is 0 Å². The number of hydrogen-bond donors (Lipinski definition) is 3. The van der Waals surface area contributed by atoms with Crippen molar-refractivity contribution in [2.75, 3.05) is 6.61 Å². The Morgan fingerprint density at radius 2 is 2.11 bits per heavy atom. The second kappa shape index (κ2) is 4.57. The van der Waals surface area contributed by atoms with Crippen molar-refractivity contribution in [1.29, 1.82) is 0 Å². The molecular formula is C13H16N2O4. The number of hydrogen-bond acceptors (Lipinski definition) is 5. The first-order chi connectivity index (χ1) is 9.13. The van der Waals surface area contributed by atoms with E-state index in [9.17, 15) is 10.2 Å². The molecule has 2 heterocycles. The maximum absolute atomic E-state index is 10.0. The van der Waals surface area contributed by atoms with Crippen LogP contribution in [0.15, 0.2) is 24.5 Å². The third-order valence-corrected chi connectivity index (χ3v) is 3.59. The maximum Gasteiger partial charge on any atom is 0.164 e. The minimum absolute atomic E-state index is 0.333. The van der Waals surface area contributed by atoms with Crippen LogP contribution in [0.2, 0.25) is 0 Å². The molecule has 0 aliphatic carbocycles. The number of aryl methyl sites for hydroxylation is 1. The summed E-state index contributed by atoms with van der Waals surface area (Å²) in [6.07, 6.45) is -2.12. The summed E-state index contributed by atoms with van der Waals surface area (Å²) in [6, 6.07) is 5.73. The Balaban J connectivity index is 2.06. The van der Waals surface area contributed by atoms with E-state index in [0.717, 1.165) is 16.6 Å². The molecule has 3 N–H and O–H groups in total. The normalized spacial score (nSPS) is 31.2. The summed E-state index contributed by atoms with van der Waals surface area (Å²) in [5, 5.41) is 29.0. The van der Waals surface area contributed by atoms with Gasteiger partial charge >= 0.3 is 0 Å². The molecule has 0 spiro atoms. The molecule has 1 fully saturated rings. The van der Waals surface area contributed by atoms with Crippen LogP contribution in [0.3, 0.4) is 0 Å². The summed E-state index contributed by atoms with van der Waals surface area (Å²) >= 11 is 0. The first-order valence-corrected chi connectivity index (χ1v) is 6.18. The topological polar surface area (TPSA) is 87.7 Å². The fourth-order valence-corrected chi connectivity index (χ4v) is 2.57. The number of aliphatic hydroxyl groups excluding tert-OH is 3. The lowest BCUT2D eigenvalue weighted by atomic mass is 10.1. The van der Waals surface area contributed by atoms with Crippen LogP contribution in [0.4, 0.5) is 0 Å². The fourth-order valence-electron chi connectivity index (χ4n) is 2.57. The molecule has 0 radical (unpaired) electrons. The van der Waals surface area contributed by atoms with Gasteiger partial charge in [-0.1, -0.05) is 12.1 Å². The highest BCUT2D eigenvalue weighted by Gasteiger charge is 2.43. The molecule has 6 nitrogen and oxygen atoms in total. The lowest BCUT2D eigenvalue weighted by molar-refractivity contribution is -0.0509. The van der Waals surface area contributed by atoms with Crippen molar-refractivity contribution in [3.63, 3.8) is 0 Å². The van der Waals surface area contributed by atoms with Crippen LogP contribution in [0.1, 0.15) is 11.8 Å². The van der Waals surface area contributed by atoms with E-state index >= 15 is 0 Å². The highest BCUT2D eigenvalue weighted by atomic mass is 16.6.